The molecule has 0 aliphatic heterocycles. The highest BCUT2D eigenvalue weighted by Gasteiger charge is 1.94. The molecular weight excluding hydrogens is 148 g/mol. The molecule has 0 fully saturated rings. The largest absolute Gasteiger partial charge is 0.373 e. The molecule has 2 nitrogen and oxygen atoms in total. The lowest BCUT2D eigenvalue weighted by Crippen LogP contribution is -1.95. The van der Waals surface area contributed by atoms with Crippen molar-refractivity contribution < 1.29 is 0 Å². The van der Waals surface area contributed by atoms with Crippen LogP contribution in [-0.2, 0) is 6.42 Å². The number of anilines is 1. The molecule has 0 spiro atoms. The lowest BCUT2D eigenvalue weighted by Gasteiger charge is -2.02. The molecule has 0 unspecified atom stereocenters. The van der Waals surface area contributed by atoms with Crippen molar-refractivity contribution in [2.75, 3.05) is 12.4 Å². The van der Waals surface area contributed by atoms with Gasteiger partial charge in [0, 0.05) is 12.7 Å². The molecule has 12 heavy (non-hydrogen) atoms. The number of hydrogen-bond acceptors (Lipinski definition) is 2. The molecule has 0 aliphatic carbocycles. The second-order valence-corrected chi connectivity index (χ2v) is 2.87. The molecule has 0 amide bonds. The van der Waals surface area contributed by atoms with Gasteiger partial charge in [-0.2, -0.15) is 0 Å². The topological polar surface area (TPSA) is 24.9 Å². The first-order valence-corrected chi connectivity index (χ1v) is 4.50. The average Bonchev–Trinajstić information content (AvgIpc) is 2.15. The first-order chi connectivity index (χ1) is 5.86. The summed E-state index contributed by atoms with van der Waals surface area (Å²) in [5, 5.41) is 3.03. The highest BCUT2D eigenvalue weighted by molar-refractivity contribution is 5.34. The number of aryl methyl sites for hydroxylation is 1. The van der Waals surface area contributed by atoms with Gasteiger partial charge in [-0.1, -0.05) is 19.4 Å². The normalized spacial score (nSPS) is 9.83. The van der Waals surface area contributed by atoms with Crippen LogP contribution in [0.1, 0.15) is 25.5 Å². The third-order valence-corrected chi connectivity index (χ3v) is 1.85. The third kappa shape index (κ3) is 2.53. The summed E-state index contributed by atoms with van der Waals surface area (Å²) >= 11 is 0. The molecule has 1 N–H and O–H groups in total. The summed E-state index contributed by atoms with van der Waals surface area (Å²) in [4.78, 5) is 4.42. The lowest BCUT2D eigenvalue weighted by atomic mass is 10.2. The fourth-order valence-corrected chi connectivity index (χ4v) is 1.12. The van der Waals surface area contributed by atoms with E-state index < -0.39 is 0 Å². The molecule has 2 heteroatoms. The highest BCUT2D eigenvalue weighted by atomic mass is 15.0. The summed E-state index contributed by atoms with van der Waals surface area (Å²) in [6.45, 7) is 2.20. The molecule has 1 rings (SSSR count). The summed E-state index contributed by atoms with van der Waals surface area (Å²) in [5.41, 5.74) is 1.18. The minimum absolute atomic E-state index is 0.962. The summed E-state index contributed by atoms with van der Waals surface area (Å²) in [6.07, 6.45) is 3.54. The van der Waals surface area contributed by atoms with Crippen LogP contribution in [0.25, 0.3) is 0 Å². The summed E-state index contributed by atoms with van der Waals surface area (Å²) in [6, 6.07) is 6.11. The van der Waals surface area contributed by atoms with Crippen molar-refractivity contribution >= 4 is 5.82 Å². The molecule has 0 aliphatic rings. The van der Waals surface area contributed by atoms with E-state index in [2.05, 4.69) is 23.3 Å². The molecular formula is C10H16N2. The third-order valence-electron chi connectivity index (χ3n) is 1.85. The molecule has 0 aromatic carbocycles. The zero-order valence-electron chi connectivity index (χ0n) is 7.80. The van der Waals surface area contributed by atoms with Gasteiger partial charge in [0.2, 0.25) is 0 Å². The van der Waals surface area contributed by atoms with E-state index in [4.69, 9.17) is 0 Å². The maximum Gasteiger partial charge on any atom is 0.125 e. The number of hydrogen-bond donors (Lipinski definition) is 1. The Hall–Kier alpha value is -1.05. The van der Waals surface area contributed by atoms with Gasteiger partial charge in [-0.15, -0.1) is 0 Å². The predicted molar refractivity (Wildman–Crippen MR) is 52.4 cm³/mol. The first-order valence-electron chi connectivity index (χ1n) is 4.50. The van der Waals surface area contributed by atoms with Crippen molar-refractivity contribution in [1.29, 1.82) is 0 Å². The monoisotopic (exact) mass is 164 g/mol. The van der Waals surface area contributed by atoms with Crippen LogP contribution in [0.15, 0.2) is 18.2 Å². The van der Waals surface area contributed by atoms with Crippen LogP contribution in [0.4, 0.5) is 5.82 Å². The van der Waals surface area contributed by atoms with Crippen LogP contribution < -0.4 is 5.32 Å². The SMILES string of the molecule is CCCCc1cccc(NC)n1. The van der Waals surface area contributed by atoms with Gasteiger partial charge in [-0.3, -0.25) is 0 Å². The second kappa shape index (κ2) is 4.75. The van der Waals surface area contributed by atoms with E-state index in [0.717, 1.165) is 12.2 Å². The maximum absolute atomic E-state index is 4.42. The van der Waals surface area contributed by atoms with Crippen LogP contribution in [0.5, 0.6) is 0 Å². The van der Waals surface area contributed by atoms with Gasteiger partial charge >= 0.3 is 0 Å². The van der Waals surface area contributed by atoms with E-state index in [-0.39, 0.29) is 0 Å². The van der Waals surface area contributed by atoms with Crippen molar-refractivity contribution in [3.63, 3.8) is 0 Å². The predicted octanol–water partition coefficient (Wildman–Crippen LogP) is 2.47. The Bertz CT molecular complexity index is 233. The van der Waals surface area contributed by atoms with Gasteiger partial charge in [0.1, 0.15) is 5.82 Å². The van der Waals surface area contributed by atoms with Gasteiger partial charge in [-0.25, -0.2) is 4.98 Å². The zero-order chi connectivity index (χ0) is 8.81. The van der Waals surface area contributed by atoms with E-state index in [1.54, 1.807) is 0 Å². The van der Waals surface area contributed by atoms with Gasteiger partial charge < -0.3 is 5.32 Å². The molecule has 0 saturated carbocycles. The summed E-state index contributed by atoms with van der Waals surface area (Å²) in [5.74, 6) is 0.962. The standard InChI is InChI=1S/C10H16N2/c1-3-4-6-9-7-5-8-10(11-2)12-9/h5,7-8H,3-4,6H2,1-2H3,(H,11,12). The van der Waals surface area contributed by atoms with E-state index in [9.17, 15) is 0 Å². The highest BCUT2D eigenvalue weighted by Crippen LogP contribution is 2.06. The second-order valence-electron chi connectivity index (χ2n) is 2.87. The maximum atomic E-state index is 4.42. The van der Waals surface area contributed by atoms with E-state index in [0.29, 0.717) is 0 Å². The molecule has 0 atom stereocenters. The van der Waals surface area contributed by atoms with Crippen LogP contribution in [0.2, 0.25) is 0 Å². The summed E-state index contributed by atoms with van der Waals surface area (Å²) < 4.78 is 0. The Kier molecular flexibility index (Phi) is 3.58. The van der Waals surface area contributed by atoms with E-state index >= 15 is 0 Å². The quantitative estimate of drug-likeness (QED) is 0.739. The number of unbranched alkanes of at least 4 members (excludes halogenated alkanes) is 1. The van der Waals surface area contributed by atoms with Crippen LogP contribution in [0, 0.1) is 0 Å². The van der Waals surface area contributed by atoms with Crippen molar-refractivity contribution in [3.05, 3.63) is 23.9 Å². The zero-order valence-corrected chi connectivity index (χ0v) is 7.80. The molecule has 0 saturated heterocycles. The van der Waals surface area contributed by atoms with Crippen LogP contribution in [0.3, 0.4) is 0 Å². The molecule has 1 heterocycles. The molecule has 1 aromatic heterocycles. The van der Waals surface area contributed by atoms with E-state index in [1.807, 2.05) is 19.2 Å². The van der Waals surface area contributed by atoms with Gasteiger partial charge in [-0.05, 0) is 25.0 Å². The van der Waals surface area contributed by atoms with Crippen LogP contribution >= 0.6 is 0 Å². The Labute approximate surface area is 74.0 Å². The fraction of sp³-hybridized carbons (Fsp3) is 0.500. The number of aromatic nitrogens is 1. The minimum Gasteiger partial charge on any atom is -0.373 e. The summed E-state index contributed by atoms with van der Waals surface area (Å²) in [7, 11) is 1.89. The smallest absolute Gasteiger partial charge is 0.125 e. The van der Waals surface area contributed by atoms with Crippen molar-refractivity contribution in [2.24, 2.45) is 0 Å². The van der Waals surface area contributed by atoms with Gasteiger partial charge in [0.15, 0.2) is 0 Å². The fourth-order valence-electron chi connectivity index (χ4n) is 1.12. The molecule has 0 radical (unpaired) electrons. The number of nitrogens with zero attached hydrogens (tertiary/aromatic N) is 1. The first kappa shape index (κ1) is 9.04. The molecule has 66 valence electrons. The molecule has 1 aromatic rings. The Balaban J connectivity index is 2.60. The van der Waals surface area contributed by atoms with Crippen molar-refractivity contribution in [1.82, 2.24) is 4.98 Å². The number of pyridine rings is 1. The molecule has 0 bridgehead atoms. The Morgan fingerprint density at radius 2 is 2.25 bits per heavy atom. The lowest BCUT2D eigenvalue weighted by molar-refractivity contribution is 0.777. The van der Waals surface area contributed by atoms with Crippen LogP contribution in [-0.4, -0.2) is 12.0 Å². The minimum atomic E-state index is 0.962. The van der Waals surface area contributed by atoms with Crippen molar-refractivity contribution in [2.45, 2.75) is 26.2 Å². The number of nitrogens with one attached hydrogen (secondary N) is 1. The van der Waals surface area contributed by atoms with Gasteiger partial charge in [0.25, 0.3) is 0 Å². The van der Waals surface area contributed by atoms with Crippen molar-refractivity contribution in [3.8, 4) is 0 Å². The van der Waals surface area contributed by atoms with Gasteiger partial charge in [0.05, 0.1) is 0 Å². The average molecular weight is 164 g/mol. The number of rotatable bonds is 4. The van der Waals surface area contributed by atoms with E-state index in [1.165, 1.54) is 18.5 Å². The Morgan fingerprint density at radius 1 is 1.42 bits per heavy atom. The Morgan fingerprint density at radius 3 is 2.92 bits per heavy atom.